The standard InChI is InChI=1S/C65H56BN3/c1-42-35-61-63-62(36-42)69(58-28-18-27-51-50-26-17-16-21-46(50)38-52(51)58)60-41-54-53(64(3,4)33-34-65(54,5)6)40-56(60)66(63)55-31-30-49(67(47-22-12-8-13-23-47)48-24-14-9-15-25-48)39-59(55)68(61)57-32-29-45(37-43(57)2)44-19-10-7-11-20-44/h7-32,35-37,39-41H,33-34,38H2,1-6H3. The van der Waals surface area contributed by atoms with Gasteiger partial charge in [0.2, 0.25) is 0 Å². The quantitative estimate of drug-likeness (QED) is 0.154. The van der Waals surface area contributed by atoms with Crippen molar-refractivity contribution in [1.82, 2.24) is 0 Å². The Morgan fingerprint density at radius 2 is 1.03 bits per heavy atom. The third kappa shape index (κ3) is 6.48. The third-order valence-corrected chi connectivity index (χ3v) is 16.1. The molecule has 0 atom stereocenters. The first-order valence-corrected chi connectivity index (χ1v) is 24.9. The zero-order chi connectivity index (χ0) is 46.8. The third-order valence-electron chi connectivity index (χ3n) is 16.1. The topological polar surface area (TPSA) is 9.72 Å². The van der Waals surface area contributed by atoms with Gasteiger partial charge in [0.1, 0.15) is 0 Å². The first-order valence-electron chi connectivity index (χ1n) is 24.9. The molecule has 4 aliphatic rings. The number of nitrogens with zero attached hydrogens (tertiary/aromatic N) is 3. The summed E-state index contributed by atoms with van der Waals surface area (Å²) < 4.78 is 0. The van der Waals surface area contributed by atoms with E-state index in [0.717, 1.165) is 36.3 Å². The molecule has 0 bridgehead atoms. The van der Waals surface area contributed by atoms with Crippen molar-refractivity contribution in [2.75, 3.05) is 14.7 Å². The largest absolute Gasteiger partial charge is 0.311 e. The fourth-order valence-corrected chi connectivity index (χ4v) is 12.5. The summed E-state index contributed by atoms with van der Waals surface area (Å²) in [4.78, 5) is 7.71. The van der Waals surface area contributed by atoms with Crippen LogP contribution in [0.2, 0.25) is 0 Å². The zero-order valence-electron chi connectivity index (χ0n) is 40.5. The van der Waals surface area contributed by atoms with Crippen LogP contribution in [0.5, 0.6) is 0 Å². The first-order chi connectivity index (χ1) is 33.5. The molecule has 0 unspecified atom stereocenters. The fraction of sp³-hybridized carbons (Fsp3) is 0.169. The van der Waals surface area contributed by atoms with Crippen LogP contribution in [-0.2, 0) is 17.3 Å². The van der Waals surface area contributed by atoms with Crippen LogP contribution in [0.15, 0.2) is 194 Å². The van der Waals surface area contributed by atoms with Gasteiger partial charge in [-0.1, -0.05) is 149 Å². The van der Waals surface area contributed by atoms with Crippen LogP contribution in [0.4, 0.5) is 51.2 Å². The minimum atomic E-state index is -0.00644. The van der Waals surface area contributed by atoms with E-state index in [1.54, 1.807) is 0 Å². The molecule has 69 heavy (non-hydrogen) atoms. The second kappa shape index (κ2) is 15.5. The van der Waals surface area contributed by atoms with Gasteiger partial charge in [0.25, 0.3) is 6.71 Å². The second-order valence-corrected chi connectivity index (χ2v) is 21.3. The SMILES string of the molecule is Cc1cc2c3c(c1)N(c1cccc4c1Cc1ccccc1-4)c1cc4c(cc1B3c1ccc(N(c3ccccc3)c3ccccc3)cc1N2c1ccc(-c2ccccc2)cc1C)C(C)(C)CCC4(C)C. The van der Waals surface area contributed by atoms with Crippen LogP contribution in [0.1, 0.15) is 73.9 Å². The van der Waals surface area contributed by atoms with Gasteiger partial charge in [0.05, 0.1) is 5.69 Å². The van der Waals surface area contributed by atoms with Crippen molar-refractivity contribution < 1.29 is 0 Å². The van der Waals surface area contributed by atoms with Gasteiger partial charge in [-0.05, 0) is 182 Å². The Hall–Kier alpha value is -7.56. The lowest BCUT2D eigenvalue weighted by Crippen LogP contribution is -2.62. The van der Waals surface area contributed by atoms with Crippen molar-refractivity contribution in [3.05, 3.63) is 228 Å². The molecule has 0 fully saturated rings. The van der Waals surface area contributed by atoms with Gasteiger partial charge < -0.3 is 14.7 Å². The summed E-state index contributed by atoms with van der Waals surface area (Å²) >= 11 is 0. The molecule has 2 aliphatic carbocycles. The molecule has 0 spiro atoms. The van der Waals surface area contributed by atoms with E-state index in [1.165, 1.54) is 106 Å². The minimum Gasteiger partial charge on any atom is -0.311 e. The molecule has 334 valence electrons. The van der Waals surface area contributed by atoms with Gasteiger partial charge >= 0.3 is 0 Å². The molecule has 13 rings (SSSR count). The summed E-state index contributed by atoms with van der Waals surface area (Å²) in [5.41, 5.74) is 28.4. The zero-order valence-corrected chi connectivity index (χ0v) is 40.5. The highest BCUT2D eigenvalue weighted by Gasteiger charge is 2.47. The summed E-state index contributed by atoms with van der Waals surface area (Å²) in [5, 5.41) is 0. The van der Waals surface area contributed by atoms with Crippen molar-refractivity contribution in [3.63, 3.8) is 0 Å². The molecule has 2 aliphatic heterocycles. The van der Waals surface area contributed by atoms with Crippen molar-refractivity contribution in [2.24, 2.45) is 0 Å². The predicted molar refractivity (Wildman–Crippen MR) is 294 cm³/mol. The molecule has 0 saturated carbocycles. The van der Waals surface area contributed by atoms with Crippen LogP contribution in [0.3, 0.4) is 0 Å². The van der Waals surface area contributed by atoms with Crippen LogP contribution < -0.4 is 31.1 Å². The highest BCUT2D eigenvalue weighted by Crippen LogP contribution is 2.53. The Morgan fingerprint density at radius 1 is 0.435 bits per heavy atom. The molecule has 0 aromatic heterocycles. The van der Waals surface area contributed by atoms with Crippen molar-refractivity contribution in [1.29, 1.82) is 0 Å². The van der Waals surface area contributed by atoms with Gasteiger partial charge in [0.15, 0.2) is 0 Å². The maximum Gasteiger partial charge on any atom is 0.252 e. The highest BCUT2D eigenvalue weighted by molar-refractivity contribution is 7.00. The fourth-order valence-electron chi connectivity index (χ4n) is 12.5. The van der Waals surface area contributed by atoms with E-state index in [9.17, 15) is 0 Å². The number of hydrogen-bond donors (Lipinski definition) is 0. The number of rotatable bonds is 6. The Labute approximate surface area is 408 Å². The summed E-state index contributed by atoms with van der Waals surface area (Å²) in [7, 11) is 0. The molecule has 0 saturated heterocycles. The molecule has 9 aromatic rings. The molecular weight excluding hydrogens is 834 g/mol. The summed E-state index contributed by atoms with van der Waals surface area (Å²) in [5.74, 6) is 0. The first kappa shape index (κ1) is 41.6. The molecule has 4 heteroatoms. The number of hydrogen-bond acceptors (Lipinski definition) is 3. The Morgan fingerprint density at radius 3 is 1.71 bits per heavy atom. The molecule has 0 amide bonds. The number of para-hydroxylation sites is 2. The smallest absolute Gasteiger partial charge is 0.252 e. The predicted octanol–water partition coefficient (Wildman–Crippen LogP) is 15.4. The summed E-state index contributed by atoms with van der Waals surface area (Å²) in [6, 6.07) is 73.2. The van der Waals surface area contributed by atoms with Gasteiger partial charge in [-0.3, -0.25) is 0 Å². The van der Waals surface area contributed by atoms with E-state index >= 15 is 0 Å². The number of benzene rings is 9. The lowest BCUT2D eigenvalue weighted by atomic mass is 9.33. The van der Waals surface area contributed by atoms with E-state index in [0.29, 0.717) is 0 Å². The van der Waals surface area contributed by atoms with Crippen molar-refractivity contribution in [2.45, 2.75) is 71.6 Å². The average molecular weight is 890 g/mol. The Kier molecular flexibility index (Phi) is 9.34. The maximum atomic E-state index is 2.69. The van der Waals surface area contributed by atoms with Gasteiger partial charge in [-0.25, -0.2) is 0 Å². The second-order valence-electron chi connectivity index (χ2n) is 21.3. The van der Waals surface area contributed by atoms with Crippen LogP contribution >= 0.6 is 0 Å². The summed E-state index contributed by atoms with van der Waals surface area (Å²) in [6.45, 7) is 14.5. The number of anilines is 9. The van der Waals surface area contributed by atoms with E-state index in [4.69, 9.17) is 0 Å². The Balaban J connectivity index is 1.12. The van der Waals surface area contributed by atoms with Crippen LogP contribution in [-0.4, -0.2) is 6.71 Å². The highest BCUT2D eigenvalue weighted by atomic mass is 15.2. The molecule has 0 radical (unpaired) electrons. The van der Waals surface area contributed by atoms with Crippen LogP contribution in [0.25, 0.3) is 22.3 Å². The molecule has 9 aromatic carbocycles. The maximum absolute atomic E-state index is 2.69. The van der Waals surface area contributed by atoms with Crippen molar-refractivity contribution >= 4 is 74.3 Å². The van der Waals surface area contributed by atoms with E-state index < -0.39 is 0 Å². The Bertz CT molecular complexity index is 3480. The molecule has 0 N–H and O–H groups in total. The molecular formula is C65H56BN3. The number of aryl methyl sites for hydroxylation is 2. The monoisotopic (exact) mass is 889 g/mol. The van der Waals surface area contributed by atoms with E-state index in [-0.39, 0.29) is 17.5 Å². The van der Waals surface area contributed by atoms with Gasteiger partial charge in [-0.2, -0.15) is 0 Å². The minimum absolute atomic E-state index is 0.00644. The van der Waals surface area contributed by atoms with E-state index in [2.05, 4.69) is 250 Å². The molecule has 2 heterocycles. The lowest BCUT2D eigenvalue weighted by molar-refractivity contribution is 0.332. The average Bonchev–Trinajstić information content (AvgIpc) is 3.75. The van der Waals surface area contributed by atoms with Gasteiger partial charge in [-0.15, -0.1) is 0 Å². The van der Waals surface area contributed by atoms with Gasteiger partial charge in [0, 0.05) is 51.9 Å². The summed E-state index contributed by atoms with van der Waals surface area (Å²) in [6.07, 6.45) is 3.23. The number of fused-ring (bicyclic) bond motifs is 8. The van der Waals surface area contributed by atoms with E-state index in [1.807, 2.05) is 0 Å². The van der Waals surface area contributed by atoms with Crippen molar-refractivity contribution in [3.8, 4) is 22.3 Å². The van der Waals surface area contributed by atoms with Crippen LogP contribution in [0, 0.1) is 13.8 Å². The normalized spacial score (nSPS) is 15.4. The molecule has 3 nitrogen and oxygen atoms in total. The lowest BCUT2D eigenvalue weighted by Gasteiger charge is -2.48.